The van der Waals surface area contributed by atoms with Crippen LogP contribution in [0.2, 0.25) is 5.02 Å². The second-order valence-electron chi connectivity index (χ2n) is 8.69. The number of nitrogens with zero attached hydrogens (tertiary/aromatic N) is 2. The van der Waals surface area contributed by atoms with E-state index < -0.39 is 5.92 Å². The van der Waals surface area contributed by atoms with Crippen LogP contribution in [-0.4, -0.2) is 33.7 Å². The Hall–Kier alpha value is -3.38. The van der Waals surface area contributed by atoms with Crippen molar-refractivity contribution in [1.29, 1.82) is 0 Å². The molecular formula is C26H24ClN3O3. The van der Waals surface area contributed by atoms with Crippen LogP contribution in [0.3, 0.4) is 0 Å². The molecule has 3 amide bonds. The average Bonchev–Trinajstić information content (AvgIpc) is 3.18. The van der Waals surface area contributed by atoms with E-state index in [4.69, 9.17) is 11.6 Å². The third-order valence-corrected chi connectivity index (χ3v) is 7.00. The molecule has 33 heavy (non-hydrogen) atoms. The van der Waals surface area contributed by atoms with E-state index in [1.165, 1.54) is 0 Å². The van der Waals surface area contributed by atoms with Crippen molar-refractivity contribution >= 4 is 29.3 Å². The third-order valence-electron chi connectivity index (χ3n) is 6.58. The SMILES string of the molecule is Cn1ccc2c1C(=O)N(Cc1ccc(-c3cccc(C4CCC(=O)NC4=O)c3Cl)cc1)CC2. The minimum atomic E-state index is -0.429. The average molecular weight is 462 g/mol. The summed E-state index contributed by atoms with van der Waals surface area (Å²) in [5.74, 6) is -0.905. The van der Waals surface area contributed by atoms with Gasteiger partial charge in [0.15, 0.2) is 0 Å². The first-order chi connectivity index (χ1) is 15.9. The van der Waals surface area contributed by atoms with Crippen LogP contribution in [0.5, 0.6) is 0 Å². The normalized spacial score (nSPS) is 18.3. The molecule has 3 heterocycles. The van der Waals surface area contributed by atoms with Gasteiger partial charge in [-0.1, -0.05) is 54.1 Å². The van der Waals surface area contributed by atoms with Crippen LogP contribution >= 0.6 is 11.6 Å². The number of aromatic nitrogens is 1. The summed E-state index contributed by atoms with van der Waals surface area (Å²) in [6.07, 6.45) is 3.57. The molecule has 0 spiro atoms. The van der Waals surface area contributed by atoms with Gasteiger partial charge in [-0.15, -0.1) is 0 Å². The maximum absolute atomic E-state index is 12.9. The van der Waals surface area contributed by atoms with E-state index in [1.807, 2.05) is 71.2 Å². The van der Waals surface area contributed by atoms with Crippen LogP contribution in [0.25, 0.3) is 11.1 Å². The van der Waals surface area contributed by atoms with Crippen molar-refractivity contribution in [2.24, 2.45) is 7.05 Å². The van der Waals surface area contributed by atoms with Crippen molar-refractivity contribution in [3.8, 4) is 11.1 Å². The first-order valence-electron chi connectivity index (χ1n) is 11.1. The molecule has 1 aromatic heterocycles. The molecule has 168 valence electrons. The lowest BCUT2D eigenvalue weighted by atomic mass is 9.88. The highest BCUT2D eigenvalue weighted by Gasteiger charge is 2.30. The standard InChI is InChI=1S/C26H24ClN3O3/c1-29-13-11-18-12-14-30(26(33)24(18)29)15-16-5-7-17(8-6-16)19-3-2-4-20(23(19)27)21-9-10-22(31)28-25(21)32/h2-8,11,13,21H,9-10,12,14-15H2,1H3,(H,28,31,32). The van der Waals surface area contributed by atoms with Crippen molar-refractivity contribution in [2.45, 2.75) is 31.7 Å². The van der Waals surface area contributed by atoms with Gasteiger partial charge in [-0.25, -0.2) is 0 Å². The van der Waals surface area contributed by atoms with Crippen molar-refractivity contribution in [1.82, 2.24) is 14.8 Å². The lowest BCUT2D eigenvalue weighted by Crippen LogP contribution is -2.39. The Bertz CT molecular complexity index is 1260. The Kier molecular flexibility index (Phi) is 5.54. The van der Waals surface area contributed by atoms with Gasteiger partial charge >= 0.3 is 0 Å². The van der Waals surface area contributed by atoms with E-state index in [1.54, 1.807) is 0 Å². The predicted molar refractivity (Wildman–Crippen MR) is 126 cm³/mol. The van der Waals surface area contributed by atoms with Gasteiger partial charge in [0.2, 0.25) is 11.8 Å². The summed E-state index contributed by atoms with van der Waals surface area (Å²) >= 11 is 6.72. The van der Waals surface area contributed by atoms with Gasteiger partial charge in [0, 0.05) is 38.3 Å². The number of piperidine rings is 1. The minimum Gasteiger partial charge on any atom is -0.346 e. The number of nitrogens with one attached hydrogen (secondary N) is 1. The van der Waals surface area contributed by atoms with Crippen LogP contribution < -0.4 is 5.32 Å². The zero-order valence-corrected chi connectivity index (χ0v) is 19.1. The van der Waals surface area contributed by atoms with E-state index in [-0.39, 0.29) is 17.7 Å². The first kappa shape index (κ1) is 21.5. The largest absolute Gasteiger partial charge is 0.346 e. The molecule has 0 saturated carbocycles. The van der Waals surface area contributed by atoms with Crippen LogP contribution in [-0.2, 0) is 29.6 Å². The van der Waals surface area contributed by atoms with Crippen molar-refractivity contribution in [3.05, 3.63) is 82.1 Å². The summed E-state index contributed by atoms with van der Waals surface area (Å²) in [7, 11) is 1.90. The van der Waals surface area contributed by atoms with Crippen molar-refractivity contribution in [2.75, 3.05) is 6.54 Å². The first-order valence-corrected chi connectivity index (χ1v) is 11.4. The van der Waals surface area contributed by atoms with Gasteiger partial charge in [-0.2, -0.15) is 0 Å². The number of hydrogen-bond donors (Lipinski definition) is 1. The van der Waals surface area contributed by atoms with Gasteiger partial charge in [-0.05, 0) is 41.2 Å². The fourth-order valence-corrected chi connectivity index (χ4v) is 5.14. The topological polar surface area (TPSA) is 71.4 Å². The Balaban J connectivity index is 1.35. The summed E-state index contributed by atoms with van der Waals surface area (Å²) in [4.78, 5) is 38.6. The van der Waals surface area contributed by atoms with Crippen LogP contribution in [0.15, 0.2) is 54.7 Å². The lowest BCUT2D eigenvalue weighted by molar-refractivity contribution is -0.134. The molecular weight excluding hydrogens is 438 g/mol. The number of carbonyl (C=O) groups excluding carboxylic acids is 3. The number of aryl methyl sites for hydroxylation is 1. The summed E-state index contributed by atoms with van der Waals surface area (Å²) < 4.78 is 1.89. The number of halogens is 1. The number of carbonyl (C=O) groups is 3. The highest BCUT2D eigenvalue weighted by molar-refractivity contribution is 6.34. The minimum absolute atomic E-state index is 0.0628. The van der Waals surface area contributed by atoms with E-state index in [2.05, 4.69) is 5.32 Å². The molecule has 1 N–H and O–H groups in total. The van der Waals surface area contributed by atoms with Gasteiger partial charge in [0.1, 0.15) is 5.69 Å². The van der Waals surface area contributed by atoms with Gasteiger partial charge in [0.05, 0.1) is 10.9 Å². The van der Waals surface area contributed by atoms with E-state index >= 15 is 0 Å². The zero-order valence-electron chi connectivity index (χ0n) is 18.3. The number of hydrogen-bond acceptors (Lipinski definition) is 3. The zero-order chi connectivity index (χ0) is 23.1. The quantitative estimate of drug-likeness (QED) is 0.595. The summed E-state index contributed by atoms with van der Waals surface area (Å²) in [6.45, 7) is 1.26. The molecule has 1 saturated heterocycles. The molecule has 3 aromatic rings. The summed E-state index contributed by atoms with van der Waals surface area (Å²) in [5, 5.41) is 2.93. The monoisotopic (exact) mass is 461 g/mol. The second kappa shape index (κ2) is 8.52. The molecule has 1 atom stereocenters. The number of benzene rings is 2. The molecule has 0 aliphatic carbocycles. The molecule has 7 heteroatoms. The van der Waals surface area contributed by atoms with E-state index in [9.17, 15) is 14.4 Å². The number of fused-ring (bicyclic) bond motifs is 1. The molecule has 6 nitrogen and oxygen atoms in total. The Morgan fingerprint density at radius 2 is 1.82 bits per heavy atom. The Morgan fingerprint density at radius 1 is 1.03 bits per heavy atom. The van der Waals surface area contributed by atoms with Crippen molar-refractivity contribution in [3.63, 3.8) is 0 Å². The van der Waals surface area contributed by atoms with E-state index in [0.29, 0.717) is 31.0 Å². The van der Waals surface area contributed by atoms with Crippen LogP contribution in [0.1, 0.15) is 45.9 Å². The Labute approximate surface area is 197 Å². The molecule has 2 aliphatic heterocycles. The molecule has 1 fully saturated rings. The number of amides is 3. The molecule has 0 radical (unpaired) electrons. The van der Waals surface area contributed by atoms with Crippen LogP contribution in [0.4, 0.5) is 0 Å². The second-order valence-corrected chi connectivity index (χ2v) is 9.06. The van der Waals surface area contributed by atoms with Gasteiger partial charge in [-0.3, -0.25) is 19.7 Å². The number of rotatable bonds is 4. The van der Waals surface area contributed by atoms with E-state index in [0.717, 1.165) is 39.9 Å². The fraction of sp³-hybridized carbons (Fsp3) is 0.269. The molecule has 1 unspecified atom stereocenters. The fourth-order valence-electron chi connectivity index (χ4n) is 4.77. The molecule has 5 rings (SSSR count). The number of imide groups is 1. The predicted octanol–water partition coefficient (Wildman–Crippen LogP) is 4.06. The Morgan fingerprint density at radius 3 is 2.58 bits per heavy atom. The summed E-state index contributed by atoms with van der Waals surface area (Å²) in [5.41, 5.74) is 5.44. The van der Waals surface area contributed by atoms with Crippen molar-refractivity contribution < 1.29 is 14.4 Å². The maximum Gasteiger partial charge on any atom is 0.271 e. The highest BCUT2D eigenvalue weighted by Crippen LogP contribution is 2.37. The lowest BCUT2D eigenvalue weighted by Gasteiger charge is -2.28. The smallest absolute Gasteiger partial charge is 0.271 e. The third kappa shape index (κ3) is 3.95. The van der Waals surface area contributed by atoms with Gasteiger partial charge in [0.25, 0.3) is 5.91 Å². The van der Waals surface area contributed by atoms with Gasteiger partial charge < -0.3 is 9.47 Å². The van der Waals surface area contributed by atoms with Crippen LogP contribution in [0, 0.1) is 0 Å². The molecule has 0 bridgehead atoms. The molecule has 2 aliphatic rings. The maximum atomic E-state index is 12.9. The molecule has 2 aromatic carbocycles. The highest BCUT2D eigenvalue weighted by atomic mass is 35.5. The summed E-state index contributed by atoms with van der Waals surface area (Å²) in [6, 6.07) is 15.7.